The zero-order valence-electron chi connectivity index (χ0n) is 7.92. The third-order valence-corrected chi connectivity index (χ3v) is 2.56. The SMILES string of the molecule is COc1ccc2c(c1)/C(=C\Cl)CCO2. The summed E-state index contributed by atoms with van der Waals surface area (Å²) in [6.45, 7) is 0.692. The van der Waals surface area contributed by atoms with Crippen LogP contribution in [0.15, 0.2) is 23.7 Å². The molecule has 14 heavy (non-hydrogen) atoms. The van der Waals surface area contributed by atoms with Crippen molar-refractivity contribution in [1.82, 2.24) is 0 Å². The third-order valence-electron chi connectivity index (χ3n) is 2.29. The highest BCUT2D eigenvalue weighted by Gasteiger charge is 2.15. The van der Waals surface area contributed by atoms with Gasteiger partial charge >= 0.3 is 0 Å². The molecule has 1 aromatic rings. The van der Waals surface area contributed by atoms with E-state index in [9.17, 15) is 0 Å². The summed E-state index contributed by atoms with van der Waals surface area (Å²) in [6, 6.07) is 5.74. The number of rotatable bonds is 1. The van der Waals surface area contributed by atoms with Crippen molar-refractivity contribution in [2.45, 2.75) is 6.42 Å². The van der Waals surface area contributed by atoms with Gasteiger partial charge in [0.2, 0.25) is 0 Å². The molecule has 0 bridgehead atoms. The van der Waals surface area contributed by atoms with E-state index < -0.39 is 0 Å². The van der Waals surface area contributed by atoms with Gasteiger partial charge in [-0.1, -0.05) is 11.6 Å². The van der Waals surface area contributed by atoms with Gasteiger partial charge in [0, 0.05) is 17.5 Å². The number of benzene rings is 1. The average molecular weight is 211 g/mol. The van der Waals surface area contributed by atoms with Crippen LogP contribution in [0.4, 0.5) is 0 Å². The maximum absolute atomic E-state index is 5.75. The van der Waals surface area contributed by atoms with Crippen LogP contribution in [0, 0.1) is 0 Å². The van der Waals surface area contributed by atoms with Gasteiger partial charge in [0.15, 0.2) is 0 Å². The van der Waals surface area contributed by atoms with Gasteiger partial charge in [-0.15, -0.1) is 0 Å². The minimum absolute atomic E-state index is 0.692. The van der Waals surface area contributed by atoms with E-state index in [2.05, 4.69) is 0 Å². The van der Waals surface area contributed by atoms with Gasteiger partial charge in [-0.25, -0.2) is 0 Å². The van der Waals surface area contributed by atoms with Crippen LogP contribution in [-0.2, 0) is 0 Å². The van der Waals surface area contributed by atoms with Crippen LogP contribution in [-0.4, -0.2) is 13.7 Å². The van der Waals surface area contributed by atoms with Crippen LogP contribution in [0.25, 0.3) is 5.57 Å². The molecule has 0 amide bonds. The predicted octanol–water partition coefficient (Wildman–Crippen LogP) is 3.06. The van der Waals surface area contributed by atoms with Gasteiger partial charge in [-0.3, -0.25) is 0 Å². The second-order valence-electron chi connectivity index (χ2n) is 3.09. The fourth-order valence-corrected chi connectivity index (χ4v) is 1.76. The molecule has 0 aliphatic carbocycles. The zero-order chi connectivity index (χ0) is 9.97. The van der Waals surface area contributed by atoms with Gasteiger partial charge in [-0.2, -0.15) is 0 Å². The lowest BCUT2D eigenvalue weighted by molar-refractivity contribution is 0.315. The summed E-state index contributed by atoms with van der Waals surface area (Å²) in [5, 5.41) is 0. The van der Waals surface area contributed by atoms with Crippen LogP contribution in [0.1, 0.15) is 12.0 Å². The van der Waals surface area contributed by atoms with Crippen molar-refractivity contribution in [2.24, 2.45) is 0 Å². The van der Waals surface area contributed by atoms with Gasteiger partial charge in [0.25, 0.3) is 0 Å². The van der Waals surface area contributed by atoms with E-state index in [1.54, 1.807) is 12.6 Å². The van der Waals surface area contributed by atoms with Gasteiger partial charge < -0.3 is 9.47 Å². The molecule has 2 nitrogen and oxygen atoms in total. The molecular formula is C11H11ClO2. The molecule has 0 fully saturated rings. The maximum atomic E-state index is 5.75. The molecule has 0 N–H and O–H groups in total. The van der Waals surface area contributed by atoms with Crippen molar-refractivity contribution in [1.29, 1.82) is 0 Å². The summed E-state index contributed by atoms with van der Waals surface area (Å²) >= 11 is 5.75. The van der Waals surface area contributed by atoms with Crippen molar-refractivity contribution >= 4 is 17.2 Å². The summed E-state index contributed by atoms with van der Waals surface area (Å²) in [6.07, 6.45) is 0.851. The van der Waals surface area contributed by atoms with E-state index in [1.165, 1.54) is 0 Å². The van der Waals surface area contributed by atoms with Crippen molar-refractivity contribution in [2.75, 3.05) is 13.7 Å². The molecule has 0 aromatic heterocycles. The normalized spacial score (nSPS) is 17.4. The van der Waals surface area contributed by atoms with Crippen LogP contribution in [0.3, 0.4) is 0 Å². The van der Waals surface area contributed by atoms with Crippen molar-refractivity contribution in [3.63, 3.8) is 0 Å². The standard InChI is InChI=1S/C11H11ClO2/c1-13-9-2-3-11-10(6-9)8(7-12)4-5-14-11/h2-3,6-7H,4-5H2,1H3/b8-7-. The third kappa shape index (κ3) is 1.58. The molecule has 1 aromatic carbocycles. The highest BCUT2D eigenvalue weighted by atomic mass is 35.5. The lowest BCUT2D eigenvalue weighted by Crippen LogP contribution is -2.07. The second kappa shape index (κ2) is 3.93. The molecule has 2 rings (SSSR count). The highest BCUT2D eigenvalue weighted by molar-refractivity contribution is 6.28. The number of ether oxygens (including phenoxy) is 2. The van der Waals surface area contributed by atoms with Crippen molar-refractivity contribution < 1.29 is 9.47 Å². The van der Waals surface area contributed by atoms with E-state index in [4.69, 9.17) is 21.1 Å². The molecule has 0 radical (unpaired) electrons. The maximum Gasteiger partial charge on any atom is 0.127 e. The van der Waals surface area contributed by atoms with E-state index in [1.807, 2.05) is 18.2 Å². The Morgan fingerprint density at radius 3 is 3.07 bits per heavy atom. The Labute approximate surface area is 88.1 Å². The zero-order valence-corrected chi connectivity index (χ0v) is 8.67. The molecule has 0 unspecified atom stereocenters. The first-order valence-electron chi connectivity index (χ1n) is 4.45. The summed E-state index contributed by atoms with van der Waals surface area (Å²) in [4.78, 5) is 0. The Morgan fingerprint density at radius 2 is 2.36 bits per heavy atom. The molecule has 1 heterocycles. The Morgan fingerprint density at radius 1 is 1.50 bits per heavy atom. The minimum Gasteiger partial charge on any atom is -0.497 e. The summed E-state index contributed by atoms with van der Waals surface area (Å²) in [5.74, 6) is 1.70. The first kappa shape index (κ1) is 9.41. The Bertz CT molecular complexity index is 372. The topological polar surface area (TPSA) is 18.5 Å². The molecule has 0 spiro atoms. The fourth-order valence-electron chi connectivity index (χ4n) is 1.53. The average Bonchev–Trinajstić information content (AvgIpc) is 2.27. The summed E-state index contributed by atoms with van der Waals surface area (Å²) in [5.41, 5.74) is 3.75. The van der Waals surface area contributed by atoms with E-state index >= 15 is 0 Å². The number of halogens is 1. The summed E-state index contributed by atoms with van der Waals surface area (Å²) < 4.78 is 10.6. The Kier molecular flexibility index (Phi) is 2.64. The molecular weight excluding hydrogens is 200 g/mol. The van der Waals surface area contributed by atoms with Gasteiger partial charge in [0.1, 0.15) is 11.5 Å². The summed E-state index contributed by atoms with van der Waals surface area (Å²) in [7, 11) is 1.65. The first-order chi connectivity index (χ1) is 6.85. The van der Waals surface area contributed by atoms with Crippen LogP contribution >= 0.6 is 11.6 Å². The Hall–Kier alpha value is -1.15. The molecule has 3 heteroatoms. The van der Waals surface area contributed by atoms with Crippen molar-refractivity contribution in [3.05, 3.63) is 29.3 Å². The Balaban J connectivity index is 2.49. The second-order valence-corrected chi connectivity index (χ2v) is 3.31. The minimum atomic E-state index is 0.692. The van der Waals surface area contributed by atoms with Crippen LogP contribution < -0.4 is 9.47 Å². The number of methoxy groups -OCH3 is 1. The quantitative estimate of drug-likeness (QED) is 0.709. The lowest BCUT2D eigenvalue weighted by atomic mass is 10.0. The van der Waals surface area contributed by atoms with Gasteiger partial charge in [-0.05, 0) is 23.8 Å². The van der Waals surface area contributed by atoms with E-state index in [0.29, 0.717) is 6.61 Å². The smallest absolute Gasteiger partial charge is 0.127 e. The van der Waals surface area contributed by atoms with Crippen molar-refractivity contribution in [3.8, 4) is 11.5 Å². The molecule has 0 saturated heterocycles. The largest absolute Gasteiger partial charge is 0.497 e. The molecule has 1 aliphatic rings. The molecule has 1 aliphatic heterocycles. The number of hydrogen-bond donors (Lipinski definition) is 0. The van der Waals surface area contributed by atoms with Crippen LogP contribution in [0.2, 0.25) is 0 Å². The first-order valence-corrected chi connectivity index (χ1v) is 4.89. The van der Waals surface area contributed by atoms with E-state index in [0.717, 1.165) is 29.1 Å². The van der Waals surface area contributed by atoms with Crippen LogP contribution in [0.5, 0.6) is 11.5 Å². The van der Waals surface area contributed by atoms with E-state index in [-0.39, 0.29) is 0 Å². The molecule has 0 atom stereocenters. The monoisotopic (exact) mass is 210 g/mol. The highest BCUT2D eigenvalue weighted by Crippen LogP contribution is 2.35. The van der Waals surface area contributed by atoms with Gasteiger partial charge in [0.05, 0.1) is 13.7 Å². The number of hydrogen-bond acceptors (Lipinski definition) is 2. The molecule has 74 valence electrons. The predicted molar refractivity (Wildman–Crippen MR) is 56.9 cm³/mol. The number of fused-ring (bicyclic) bond motifs is 1. The lowest BCUT2D eigenvalue weighted by Gasteiger charge is -2.19. The fraction of sp³-hybridized carbons (Fsp3) is 0.273. The molecule has 0 saturated carbocycles.